The van der Waals surface area contributed by atoms with Gasteiger partial charge in [-0.15, -0.1) is 0 Å². The third-order valence-electron chi connectivity index (χ3n) is 1.69. The summed E-state index contributed by atoms with van der Waals surface area (Å²) in [6.07, 6.45) is 2.52. The normalized spacial score (nSPS) is 8.80. The van der Waals surface area contributed by atoms with Crippen molar-refractivity contribution in [3.05, 3.63) is 42.5 Å². The van der Waals surface area contributed by atoms with Crippen LogP contribution in [0.4, 0.5) is 5.69 Å². The van der Waals surface area contributed by atoms with E-state index in [0.29, 0.717) is 11.3 Å². The average molecular weight is 203 g/mol. The molecule has 0 aromatic heterocycles. The van der Waals surface area contributed by atoms with Gasteiger partial charge in [0.2, 0.25) is 6.08 Å². The molecule has 76 valence electrons. The van der Waals surface area contributed by atoms with Crippen molar-refractivity contribution >= 4 is 17.7 Å². The summed E-state index contributed by atoms with van der Waals surface area (Å²) in [7, 11) is 0. The van der Waals surface area contributed by atoms with E-state index in [1.807, 2.05) is 0 Å². The molecule has 0 heterocycles. The summed E-state index contributed by atoms with van der Waals surface area (Å²) in [4.78, 5) is 24.4. The van der Waals surface area contributed by atoms with Gasteiger partial charge in [0.1, 0.15) is 6.61 Å². The van der Waals surface area contributed by atoms with Gasteiger partial charge < -0.3 is 4.74 Å². The van der Waals surface area contributed by atoms with Crippen molar-refractivity contribution < 1.29 is 14.3 Å². The number of aliphatic imine (C=N–C) groups is 1. The number of nitrogens with zero attached hydrogens (tertiary/aromatic N) is 1. The largest absolute Gasteiger partial charge is 0.458 e. The molecule has 0 radical (unpaired) electrons. The predicted molar refractivity (Wildman–Crippen MR) is 54.2 cm³/mol. The van der Waals surface area contributed by atoms with Crippen LogP contribution >= 0.6 is 0 Å². The van der Waals surface area contributed by atoms with Crippen LogP contribution in [-0.2, 0) is 20.9 Å². The molecular weight excluding hydrogens is 194 g/mol. The molecule has 0 N–H and O–H groups in total. The Balaban J connectivity index is 2.79. The van der Waals surface area contributed by atoms with Crippen LogP contribution in [0.2, 0.25) is 0 Å². The minimum Gasteiger partial charge on any atom is -0.458 e. The molecule has 0 amide bonds. The number of carbonyl (C=O) groups excluding carboxylic acids is 2. The third-order valence-corrected chi connectivity index (χ3v) is 1.69. The Morgan fingerprint density at radius 3 is 2.93 bits per heavy atom. The first-order valence-electron chi connectivity index (χ1n) is 4.23. The van der Waals surface area contributed by atoms with Crippen molar-refractivity contribution in [1.82, 2.24) is 0 Å². The van der Waals surface area contributed by atoms with Crippen LogP contribution in [0.3, 0.4) is 0 Å². The highest BCUT2D eigenvalue weighted by atomic mass is 16.5. The van der Waals surface area contributed by atoms with E-state index in [2.05, 4.69) is 11.6 Å². The Kier molecular flexibility index (Phi) is 4.01. The molecule has 0 atom stereocenters. The lowest BCUT2D eigenvalue weighted by atomic mass is 10.2. The zero-order valence-corrected chi connectivity index (χ0v) is 7.97. The molecular formula is C11H9NO3. The van der Waals surface area contributed by atoms with E-state index in [9.17, 15) is 9.59 Å². The first-order chi connectivity index (χ1) is 7.27. The van der Waals surface area contributed by atoms with E-state index in [0.717, 1.165) is 6.08 Å². The van der Waals surface area contributed by atoms with Crippen LogP contribution in [0.25, 0.3) is 0 Å². The molecule has 0 saturated heterocycles. The summed E-state index contributed by atoms with van der Waals surface area (Å²) in [6, 6.07) is 6.85. The number of esters is 1. The molecule has 1 rings (SSSR count). The first kappa shape index (κ1) is 10.9. The summed E-state index contributed by atoms with van der Waals surface area (Å²) in [5.74, 6) is -0.514. The quantitative estimate of drug-likeness (QED) is 0.325. The Hall–Kier alpha value is -2.19. The standard InChI is InChI=1S/C11H9NO3/c1-2-11(14)15-7-9-5-3-4-6-10(9)12-8-13/h2-6H,1,7H2. The van der Waals surface area contributed by atoms with Crippen molar-refractivity contribution in [2.24, 2.45) is 4.99 Å². The lowest BCUT2D eigenvalue weighted by molar-refractivity contribution is -0.138. The van der Waals surface area contributed by atoms with E-state index in [1.54, 1.807) is 24.3 Å². The molecule has 0 aliphatic carbocycles. The van der Waals surface area contributed by atoms with Gasteiger partial charge in [-0.1, -0.05) is 24.8 Å². The van der Waals surface area contributed by atoms with E-state index < -0.39 is 5.97 Å². The zero-order valence-electron chi connectivity index (χ0n) is 7.97. The second-order valence-electron chi connectivity index (χ2n) is 2.64. The van der Waals surface area contributed by atoms with Crippen LogP contribution in [0.5, 0.6) is 0 Å². The first-order valence-corrected chi connectivity index (χ1v) is 4.23. The van der Waals surface area contributed by atoms with E-state index in [1.165, 1.54) is 6.08 Å². The molecule has 0 bridgehead atoms. The van der Waals surface area contributed by atoms with Crippen molar-refractivity contribution in [3.63, 3.8) is 0 Å². The number of ether oxygens (including phenoxy) is 1. The Labute approximate surface area is 86.9 Å². The molecule has 4 nitrogen and oxygen atoms in total. The molecule has 0 saturated carbocycles. The molecule has 0 spiro atoms. The maximum absolute atomic E-state index is 10.8. The van der Waals surface area contributed by atoms with Crippen LogP contribution in [0, 0.1) is 0 Å². The number of hydrogen-bond acceptors (Lipinski definition) is 4. The number of carbonyl (C=O) groups is 1. The van der Waals surface area contributed by atoms with Crippen molar-refractivity contribution in [2.45, 2.75) is 6.61 Å². The van der Waals surface area contributed by atoms with Gasteiger partial charge in [-0.2, -0.15) is 4.99 Å². The van der Waals surface area contributed by atoms with Gasteiger partial charge in [0.15, 0.2) is 0 Å². The number of para-hydroxylation sites is 1. The van der Waals surface area contributed by atoms with Gasteiger partial charge in [-0.25, -0.2) is 9.59 Å². The summed E-state index contributed by atoms with van der Waals surface area (Å²) in [5.41, 5.74) is 1.10. The summed E-state index contributed by atoms with van der Waals surface area (Å²) < 4.78 is 4.82. The van der Waals surface area contributed by atoms with Gasteiger partial charge in [-0.05, 0) is 6.07 Å². The van der Waals surface area contributed by atoms with E-state index in [-0.39, 0.29) is 6.61 Å². The molecule has 4 heteroatoms. The highest BCUT2D eigenvalue weighted by Gasteiger charge is 2.02. The molecule has 0 fully saturated rings. The van der Waals surface area contributed by atoms with E-state index in [4.69, 9.17) is 4.74 Å². The predicted octanol–water partition coefficient (Wildman–Crippen LogP) is 1.88. The van der Waals surface area contributed by atoms with Crippen molar-refractivity contribution in [3.8, 4) is 0 Å². The molecule has 1 aromatic rings. The summed E-state index contributed by atoms with van der Waals surface area (Å²) in [5, 5.41) is 0. The zero-order chi connectivity index (χ0) is 11.1. The monoisotopic (exact) mass is 203 g/mol. The van der Waals surface area contributed by atoms with Crippen LogP contribution in [0.15, 0.2) is 41.9 Å². The smallest absolute Gasteiger partial charge is 0.330 e. The van der Waals surface area contributed by atoms with Gasteiger partial charge in [0, 0.05) is 11.6 Å². The van der Waals surface area contributed by atoms with Crippen molar-refractivity contribution in [1.29, 1.82) is 0 Å². The number of benzene rings is 1. The third kappa shape index (κ3) is 3.21. The fourth-order valence-corrected chi connectivity index (χ4v) is 0.999. The summed E-state index contributed by atoms with van der Waals surface area (Å²) in [6.45, 7) is 3.33. The number of isocyanates is 1. The number of rotatable bonds is 4. The lowest BCUT2D eigenvalue weighted by Crippen LogP contribution is -2.00. The topological polar surface area (TPSA) is 55.7 Å². The maximum Gasteiger partial charge on any atom is 0.330 e. The fraction of sp³-hybridized carbons (Fsp3) is 0.0909. The molecule has 0 aliphatic heterocycles. The van der Waals surface area contributed by atoms with Gasteiger partial charge in [0.05, 0.1) is 5.69 Å². The van der Waals surface area contributed by atoms with Gasteiger partial charge in [-0.3, -0.25) is 0 Å². The fourth-order valence-electron chi connectivity index (χ4n) is 0.999. The Morgan fingerprint density at radius 1 is 1.53 bits per heavy atom. The Morgan fingerprint density at radius 2 is 2.27 bits per heavy atom. The van der Waals surface area contributed by atoms with Crippen LogP contribution in [-0.4, -0.2) is 12.0 Å². The second-order valence-corrected chi connectivity index (χ2v) is 2.64. The van der Waals surface area contributed by atoms with Crippen molar-refractivity contribution in [2.75, 3.05) is 0 Å². The average Bonchev–Trinajstić information content (AvgIpc) is 2.28. The van der Waals surface area contributed by atoms with E-state index >= 15 is 0 Å². The van der Waals surface area contributed by atoms with Crippen LogP contribution in [0.1, 0.15) is 5.56 Å². The highest BCUT2D eigenvalue weighted by molar-refractivity contribution is 5.81. The Bertz CT molecular complexity index is 420. The molecule has 0 aliphatic rings. The second kappa shape index (κ2) is 5.52. The van der Waals surface area contributed by atoms with Crippen LogP contribution < -0.4 is 0 Å². The molecule has 15 heavy (non-hydrogen) atoms. The minimum absolute atomic E-state index is 0.0617. The number of hydrogen-bond donors (Lipinski definition) is 0. The minimum atomic E-state index is -0.514. The van der Waals surface area contributed by atoms with Gasteiger partial charge in [0.25, 0.3) is 0 Å². The SMILES string of the molecule is C=CC(=O)OCc1ccccc1N=C=O. The molecule has 0 unspecified atom stereocenters. The van der Waals surface area contributed by atoms with Gasteiger partial charge >= 0.3 is 5.97 Å². The maximum atomic E-state index is 10.8. The highest BCUT2D eigenvalue weighted by Crippen LogP contribution is 2.18. The molecule has 1 aromatic carbocycles. The lowest BCUT2D eigenvalue weighted by Gasteiger charge is -2.03. The summed E-state index contributed by atoms with van der Waals surface area (Å²) >= 11 is 0.